The average molecular weight is 325 g/mol. The molecular formula is C17H19N5O2. The second-order valence-electron chi connectivity index (χ2n) is 6.25. The second-order valence-corrected chi connectivity index (χ2v) is 6.25. The molecule has 0 saturated carbocycles. The molecule has 1 amide bonds. The predicted octanol–water partition coefficient (Wildman–Crippen LogP) is 0.993. The van der Waals surface area contributed by atoms with Crippen molar-refractivity contribution < 1.29 is 9.53 Å². The summed E-state index contributed by atoms with van der Waals surface area (Å²) in [6.45, 7) is 3.51. The van der Waals surface area contributed by atoms with E-state index in [1.807, 2.05) is 23.1 Å². The minimum Gasteiger partial charge on any atom is -0.369 e. The summed E-state index contributed by atoms with van der Waals surface area (Å²) in [5.41, 5.74) is 0.255. The van der Waals surface area contributed by atoms with Gasteiger partial charge in [-0.15, -0.1) is 0 Å². The van der Waals surface area contributed by atoms with Crippen molar-refractivity contribution in [2.24, 2.45) is 0 Å². The zero-order chi connectivity index (χ0) is 16.4. The number of likely N-dealkylation sites (tertiary alicyclic amines) is 1. The van der Waals surface area contributed by atoms with Gasteiger partial charge in [-0.2, -0.15) is 10.2 Å². The summed E-state index contributed by atoms with van der Waals surface area (Å²) >= 11 is 0. The molecule has 2 saturated heterocycles. The van der Waals surface area contributed by atoms with Gasteiger partial charge in [0.15, 0.2) is 0 Å². The average Bonchev–Trinajstić information content (AvgIpc) is 3.06. The molecule has 0 radical (unpaired) electrons. The Morgan fingerprint density at radius 2 is 2.08 bits per heavy atom. The van der Waals surface area contributed by atoms with E-state index in [2.05, 4.69) is 20.1 Å². The Morgan fingerprint density at radius 3 is 2.88 bits per heavy atom. The monoisotopic (exact) mass is 325 g/mol. The molecule has 2 aliphatic rings. The number of aromatic nitrogens is 3. The van der Waals surface area contributed by atoms with Gasteiger partial charge >= 0.3 is 0 Å². The fourth-order valence-electron chi connectivity index (χ4n) is 3.45. The topological polar surface area (TPSA) is 71.5 Å². The Hall–Kier alpha value is -2.54. The van der Waals surface area contributed by atoms with Crippen LogP contribution in [-0.4, -0.2) is 64.4 Å². The van der Waals surface area contributed by atoms with E-state index in [9.17, 15) is 4.79 Å². The third kappa shape index (κ3) is 2.82. The van der Waals surface area contributed by atoms with E-state index >= 15 is 0 Å². The number of nitrogens with zero attached hydrogens (tertiary/aromatic N) is 5. The highest BCUT2D eigenvalue weighted by atomic mass is 16.5. The first-order valence-corrected chi connectivity index (χ1v) is 8.12. The maximum Gasteiger partial charge on any atom is 0.255 e. The quantitative estimate of drug-likeness (QED) is 0.820. The van der Waals surface area contributed by atoms with Crippen molar-refractivity contribution in [2.75, 3.05) is 37.7 Å². The highest BCUT2D eigenvalue weighted by molar-refractivity contribution is 5.94. The van der Waals surface area contributed by atoms with Gasteiger partial charge < -0.3 is 14.5 Å². The number of ether oxygens (including phenoxy) is 1. The fraction of sp³-hybridized carbons (Fsp3) is 0.412. The lowest BCUT2D eigenvalue weighted by Crippen LogP contribution is -2.54. The van der Waals surface area contributed by atoms with Crippen LogP contribution in [0.5, 0.6) is 0 Å². The zero-order valence-corrected chi connectivity index (χ0v) is 13.3. The fourth-order valence-corrected chi connectivity index (χ4v) is 3.45. The number of hydrogen-bond donors (Lipinski definition) is 0. The van der Waals surface area contributed by atoms with Crippen LogP contribution in [0.2, 0.25) is 0 Å². The molecule has 1 spiro atoms. The van der Waals surface area contributed by atoms with Gasteiger partial charge in [0.05, 0.1) is 37.7 Å². The molecule has 0 aromatic carbocycles. The smallest absolute Gasteiger partial charge is 0.255 e. The van der Waals surface area contributed by atoms with E-state index in [0.29, 0.717) is 25.3 Å². The minimum absolute atomic E-state index is 0.0136. The molecule has 0 N–H and O–H groups in total. The highest BCUT2D eigenvalue weighted by Crippen LogP contribution is 2.31. The maximum atomic E-state index is 12.6. The molecule has 2 fully saturated rings. The van der Waals surface area contributed by atoms with Gasteiger partial charge in [0, 0.05) is 19.3 Å². The highest BCUT2D eigenvalue weighted by Gasteiger charge is 2.44. The second kappa shape index (κ2) is 6.16. The molecule has 0 unspecified atom stereocenters. The first-order valence-electron chi connectivity index (χ1n) is 8.12. The van der Waals surface area contributed by atoms with E-state index in [4.69, 9.17) is 4.74 Å². The number of hydrogen-bond acceptors (Lipinski definition) is 6. The molecule has 1 atom stereocenters. The maximum absolute atomic E-state index is 12.6. The summed E-state index contributed by atoms with van der Waals surface area (Å²) in [6.07, 6.45) is 5.69. The molecule has 2 aromatic rings. The first kappa shape index (κ1) is 15.0. The van der Waals surface area contributed by atoms with E-state index in [1.165, 1.54) is 6.20 Å². The molecule has 7 nitrogen and oxygen atoms in total. The zero-order valence-electron chi connectivity index (χ0n) is 13.3. The van der Waals surface area contributed by atoms with E-state index < -0.39 is 0 Å². The van der Waals surface area contributed by atoms with E-state index in [1.54, 1.807) is 18.5 Å². The van der Waals surface area contributed by atoms with E-state index in [-0.39, 0.29) is 11.5 Å². The lowest BCUT2D eigenvalue weighted by Gasteiger charge is -2.40. The van der Waals surface area contributed by atoms with Gasteiger partial charge in [0.2, 0.25) is 0 Å². The van der Waals surface area contributed by atoms with Crippen molar-refractivity contribution in [2.45, 2.75) is 12.0 Å². The Morgan fingerprint density at radius 1 is 1.12 bits per heavy atom. The van der Waals surface area contributed by atoms with Crippen LogP contribution in [0.3, 0.4) is 0 Å². The number of amides is 1. The van der Waals surface area contributed by atoms with Crippen LogP contribution in [0.1, 0.15) is 16.8 Å². The van der Waals surface area contributed by atoms with Gasteiger partial charge in [-0.25, -0.2) is 4.98 Å². The standard InChI is InChI=1S/C17H19N5O2/c23-16(14-4-7-19-20-11-14)22-8-5-17(13-22)12-21(9-10-24-17)15-3-1-2-6-18-15/h1-4,6-7,11H,5,8-10,12-13H2/t17-/m0/s1. The number of carbonyl (C=O) groups excluding carboxylic acids is 1. The molecule has 24 heavy (non-hydrogen) atoms. The van der Waals surface area contributed by atoms with Crippen molar-refractivity contribution in [3.63, 3.8) is 0 Å². The molecule has 2 aliphatic heterocycles. The van der Waals surface area contributed by atoms with Crippen molar-refractivity contribution in [1.29, 1.82) is 0 Å². The van der Waals surface area contributed by atoms with Crippen LogP contribution >= 0.6 is 0 Å². The molecule has 0 bridgehead atoms. The number of anilines is 1. The number of pyridine rings is 1. The van der Waals surface area contributed by atoms with Crippen molar-refractivity contribution in [3.8, 4) is 0 Å². The summed E-state index contributed by atoms with van der Waals surface area (Å²) in [5, 5.41) is 7.51. The molecule has 124 valence electrons. The molecule has 4 heterocycles. The first-order chi connectivity index (χ1) is 11.8. The summed E-state index contributed by atoms with van der Waals surface area (Å²) in [5.74, 6) is 0.948. The predicted molar refractivity (Wildman–Crippen MR) is 87.7 cm³/mol. The van der Waals surface area contributed by atoms with Gasteiger partial charge in [0.1, 0.15) is 11.4 Å². The third-order valence-corrected chi connectivity index (χ3v) is 4.66. The largest absolute Gasteiger partial charge is 0.369 e. The lowest BCUT2D eigenvalue weighted by atomic mass is 10.0. The minimum atomic E-state index is -0.314. The van der Waals surface area contributed by atoms with Crippen LogP contribution in [0.25, 0.3) is 0 Å². The van der Waals surface area contributed by atoms with E-state index in [0.717, 1.165) is 25.3 Å². The third-order valence-electron chi connectivity index (χ3n) is 4.66. The Balaban J connectivity index is 1.48. The van der Waals surface area contributed by atoms with Crippen molar-refractivity contribution in [3.05, 3.63) is 48.4 Å². The Kier molecular flexibility index (Phi) is 3.86. The summed E-state index contributed by atoms with van der Waals surface area (Å²) in [6, 6.07) is 7.62. The van der Waals surface area contributed by atoms with Crippen LogP contribution in [0, 0.1) is 0 Å². The molecule has 4 rings (SSSR count). The lowest BCUT2D eigenvalue weighted by molar-refractivity contribution is -0.0460. The Labute approximate surface area is 140 Å². The molecule has 2 aromatic heterocycles. The van der Waals surface area contributed by atoms with Crippen LogP contribution in [-0.2, 0) is 4.74 Å². The number of morpholine rings is 1. The molecular weight excluding hydrogens is 306 g/mol. The van der Waals surface area contributed by atoms with Crippen LogP contribution in [0.15, 0.2) is 42.9 Å². The summed E-state index contributed by atoms with van der Waals surface area (Å²) in [4.78, 5) is 21.1. The van der Waals surface area contributed by atoms with Gasteiger partial charge in [-0.1, -0.05) is 6.07 Å². The summed E-state index contributed by atoms with van der Waals surface area (Å²) < 4.78 is 6.10. The van der Waals surface area contributed by atoms with Crippen molar-refractivity contribution in [1.82, 2.24) is 20.1 Å². The van der Waals surface area contributed by atoms with Gasteiger partial charge in [0.25, 0.3) is 5.91 Å². The SMILES string of the molecule is O=C(c1ccnnc1)N1CC[C@@]2(C1)CN(c1ccccn1)CCO2. The number of rotatable bonds is 2. The number of carbonyl (C=O) groups is 1. The Bertz CT molecular complexity index is 711. The van der Waals surface area contributed by atoms with Gasteiger partial charge in [-0.05, 0) is 24.6 Å². The normalized spacial score (nSPS) is 23.7. The van der Waals surface area contributed by atoms with Crippen LogP contribution < -0.4 is 4.90 Å². The molecule has 7 heteroatoms. The molecule has 0 aliphatic carbocycles. The summed E-state index contributed by atoms with van der Waals surface area (Å²) in [7, 11) is 0. The van der Waals surface area contributed by atoms with Gasteiger partial charge in [-0.3, -0.25) is 4.79 Å². The van der Waals surface area contributed by atoms with Crippen LogP contribution in [0.4, 0.5) is 5.82 Å². The van der Waals surface area contributed by atoms with Crippen molar-refractivity contribution >= 4 is 11.7 Å².